The van der Waals surface area contributed by atoms with E-state index in [0.717, 1.165) is 35.2 Å². The van der Waals surface area contributed by atoms with Gasteiger partial charge < -0.3 is 15.0 Å². The van der Waals surface area contributed by atoms with E-state index in [1.54, 1.807) is 24.5 Å². The van der Waals surface area contributed by atoms with E-state index in [2.05, 4.69) is 17.2 Å². The van der Waals surface area contributed by atoms with Gasteiger partial charge in [0.1, 0.15) is 16.4 Å². The van der Waals surface area contributed by atoms with Crippen LogP contribution < -0.4 is 15.6 Å². The zero-order chi connectivity index (χ0) is 19.1. The first-order valence-electron chi connectivity index (χ1n) is 9.10. The lowest BCUT2D eigenvalue weighted by Gasteiger charge is -2.17. The molecule has 0 amide bonds. The maximum Gasteiger partial charge on any atom is 0.259 e. The van der Waals surface area contributed by atoms with E-state index in [-0.39, 0.29) is 11.6 Å². The molecule has 0 spiro atoms. The third kappa shape index (κ3) is 3.44. The molecule has 142 valence electrons. The Labute approximate surface area is 166 Å². The van der Waals surface area contributed by atoms with E-state index < -0.39 is 0 Å². The number of H-pyrrole nitrogens is 1. The van der Waals surface area contributed by atoms with Gasteiger partial charge in [-0.15, -0.1) is 11.3 Å². The number of thiophene rings is 1. The molecular formula is C20H22ClN3O2S. The second-order valence-corrected chi connectivity index (χ2v) is 8.69. The van der Waals surface area contributed by atoms with Crippen LogP contribution in [0.5, 0.6) is 5.75 Å². The number of methoxy groups -OCH3 is 1. The van der Waals surface area contributed by atoms with Crippen molar-refractivity contribution < 1.29 is 4.74 Å². The van der Waals surface area contributed by atoms with Crippen LogP contribution in [0.3, 0.4) is 0 Å². The number of benzene rings is 1. The number of nitrogens with one attached hydrogen (secondary N) is 2. The summed E-state index contributed by atoms with van der Waals surface area (Å²) in [7, 11) is 1.59. The lowest BCUT2D eigenvalue weighted by Crippen LogP contribution is -2.18. The molecule has 3 aromatic rings. The van der Waals surface area contributed by atoms with Gasteiger partial charge in [-0.1, -0.05) is 18.5 Å². The van der Waals surface area contributed by atoms with E-state index in [1.807, 2.05) is 19.1 Å². The fourth-order valence-electron chi connectivity index (χ4n) is 3.65. The molecule has 27 heavy (non-hydrogen) atoms. The van der Waals surface area contributed by atoms with Crippen molar-refractivity contribution >= 4 is 38.8 Å². The van der Waals surface area contributed by atoms with Crippen LogP contribution in [-0.4, -0.2) is 17.1 Å². The highest BCUT2D eigenvalue weighted by molar-refractivity contribution is 7.18. The highest BCUT2D eigenvalue weighted by Gasteiger charge is 2.23. The summed E-state index contributed by atoms with van der Waals surface area (Å²) in [4.78, 5) is 22.7. The van der Waals surface area contributed by atoms with Crippen LogP contribution >= 0.6 is 22.9 Å². The Morgan fingerprint density at radius 2 is 2.26 bits per heavy atom. The Morgan fingerprint density at radius 3 is 3.00 bits per heavy atom. The minimum absolute atomic E-state index is 0.0385. The van der Waals surface area contributed by atoms with Gasteiger partial charge in [0, 0.05) is 10.6 Å². The number of anilines is 1. The Kier molecular flexibility index (Phi) is 4.86. The number of aromatic amines is 1. The average Bonchev–Trinajstić information content (AvgIpc) is 2.99. The number of hydrogen-bond acceptors (Lipinski definition) is 5. The molecule has 0 saturated carbocycles. The second kappa shape index (κ2) is 7.17. The quantitative estimate of drug-likeness (QED) is 0.647. The van der Waals surface area contributed by atoms with Crippen molar-refractivity contribution in [2.45, 2.75) is 39.2 Å². The smallest absolute Gasteiger partial charge is 0.259 e. The van der Waals surface area contributed by atoms with E-state index >= 15 is 0 Å². The van der Waals surface area contributed by atoms with Gasteiger partial charge in [0.15, 0.2) is 0 Å². The maximum atomic E-state index is 12.8. The van der Waals surface area contributed by atoms with E-state index in [9.17, 15) is 4.79 Å². The van der Waals surface area contributed by atoms with Crippen molar-refractivity contribution in [1.82, 2.24) is 9.97 Å². The number of hydrogen-bond donors (Lipinski definition) is 2. The first kappa shape index (κ1) is 18.3. The minimum Gasteiger partial charge on any atom is -0.495 e. The summed E-state index contributed by atoms with van der Waals surface area (Å²) in [6.07, 6.45) is 3.15. The average molecular weight is 404 g/mol. The molecule has 0 unspecified atom stereocenters. The topological polar surface area (TPSA) is 67.0 Å². The van der Waals surface area contributed by atoms with Crippen LogP contribution in [0, 0.1) is 5.92 Å². The molecule has 1 aromatic carbocycles. The zero-order valence-corrected chi connectivity index (χ0v) is 17.1. The summed E-state index contributed by atoms with van der Waals surface area (Å²) in [5.74, 6) is 1.93. The molecule has 1 aliphatic carbocycles. The highest BCUT2D eigenvalue weighted by atomic mass is 35.5. The Morgan fingerprint density at radius 1 is 1.44 bits per heavy atom. The van der Waals surface area contributed by atoms with Gasteiger partial charge in [0.2, 0.25) is 0 Å². The second-order valence-electron chi connectivity index (χ2n) is 7.20. The summed E-state index contributed by atoms with van der Waals surface area (Å²) in [5.41, 5.74) is 2.01. The van der Waals surface area contributed by atoms with Gasteiger partial charge in [-0.05, 0) is 55.9 Å². The molecular weight excluding hydrogens is 382 g/mol. The van der Waals surface area contributed by atoms with E-state index in [1.165, 1.54) is 10.4 Å². The summed E-state index contributed by atoms with van der Waals surface area (Å²) >= 11 is 7.86. The summed E-state index contributed by atoms with van der Waals surface area (Å²) < 4.78 is 5.18. The minimum atomic E-state index is -0.162. The third-order valence-electron chi connectivity index (χ3n) is 5.13. The van der Waals surface area contributed by atoms with Crippen LogP contribution in [0.25, 0.3) is 10.2 Å². The van der Waals surface area contributed by atoms with Crippen molar-refractivity contribution in [3.05, 3.63) is 49.8 Å². The highest BCUT2D eigenvalue weighted by Crippen LogP contribution is 2.36. The normalized spacial score (nSPS) is 17.6. The molecule has 2 N–H and O–H groups in total. The summed E-state index contributed by atoms with van der Waals surface area (Å²) in [6.45, 7) is 4.24. The number of nitrogens with zero attached hydrogens (tertiary/aromatic N) is 1. The van der Waals surface area contributed by atoms with Crippen LogP contribution in [0.15, 0.2) is 23.0 Å². The Hall–Kier alpha value is -2.05. The molecule has 1 aliphatic rings. The molecule has 2 atom stereocenters. The van der Waals surface area contributed by atoms with Crippen LogP contribution in [0.4, 0.5) is 5.69 Å². The molecule has 0 fully saturated rings. The summed E-state index contributed by atoms with van der Waals surface area (Å²) in [6, 6.07) is 5.34. The fraction of sp³-hybridized carbons (Fsp3) is 0.400. The van der Waals surface area contributed by atoms with Gasteiger partial charge in [-0.2, -0.15) is 0 Å². The van der Waals surface area contributed by atoms with E-state index in [0.29, 0.717) is 22.5 Å². The SMILES string of the molecule is COc1ccc(N[C@@H](C)c2nc3sc4c(c3c(=O)[nH]2)CC[C@@H](C)C4)cc1Cl. The van der Waals surface area contributed by atoms with Gasteiger partial charge in [0.05, 0.1) is 23.6 Å². The van der Waals surface area contributed by atoms with Gasteiger partial charge >= 0.3 is 0 Å². The fourth-order valence-corrected chi connectivity index (χ4v) is 5.29. The molecule has 2 heterocycles. The van der Waals surface area contributed by atoms with Crippen LogP contribution in [-0.2, 0) is 12.8 Å². The van der Waals surface area contributed by atoms with Crippen molar-refractivity contribution in [2.75, 3.05) is 12.4 Å². The zero-order valence-electron chi connectivity index (χ0n) is 15.6. The monoisotopic (exact) mass is 403 g/mol. The molecule has 2 aromatic heterocycles. The first-order valence-corrected chi connectivity index (χ1v) is 10.3. The molecule has 5 nitrogen and oxygen atoms in total. The van der Waals surface area contributed by atoms with E-state index in [4.69, 9.17) is 21.3 Å². The number of aromatic nitrogens is 2. The van der Waals surface area contributed by atoms with Gasteiger partial charge in [-0.25, -0.2) is 4.98 Å². The van der Waals surface area contributed by atoms with Crippen LogP contribution in [0.1, 0.15) is 42.6 Å². The molecule has 0 bridgehead atoms. The molecule has 4 rings (SSSR count). The van der Waals surface area contributed by atoms with Crippen molar-refractivity contribution in [1.29, 1.82) is 0 Å². The summed E-state index contributed by atoms with van der Waals surface area (Å²) in [5, 5.41) is 4.66. The third-order valence-corrected chi connectivity index (χ3v) is 6.57. The van der Waals surface area contributed by atoms with Crippen molar-refractivity contribution in [3.63, 3.8) is 0 Å². The van der Waals surface area contributed by atoms with Crippen molar-refractivity contribution in [2.24, 2.45) is 5.92 Å². The van der Waals surface area contributed by atoms with Gasteiger partial charge in [0.25, 0.3) is 5.56 Å². The predicted octanol–water partition coefficient (Wildman–Crippen LogP) is 4.94. The number of fused-ring (bicyclic) bond motifs is 3. The molecule has 0 saturated heterocycles. The Bertz CT molecular complexity index is 1060. The number of aryl methyl sites for hydroxylation is 1. The Balaban J connectivity index is 1.65. The first-order chi connectivity index (χ1) is 13.0. The molecule has 7 heteroatoms. The van der Waals surface area contributed by atoms with Gasteiger partial charge in [-0.3, -0.25) is 4.79 Å². The lowest BCUT2D eigenvalue weighted by atomic mass is 9.89. The molecule has 0 radical (unpaired) electrons. The molecule has 0 aliphatic heterocycles. The number of ether oxygens (including phenoxy) is 1. The lowest BCUT2D eigenvalue weighted by molar-refractivity contribution is 0.415. The number of halogens is 1. The van der Waals surface area contributed by atoms with Crippen LogP contribution in [0.2, 0.25) is 5.02 Å². The maximum absolute atomic E-state index is 12.8. The predicted molar refractivity (Wildman–Crippen MR) is 111 cm³/mol. The standard InChI is InChI=1S/C20H22ClN3O2S/c1-10-4-6-13-16(8-10)27-20-17(13)19(25)23-18(24-20)11(2)22-12-5-7-15(26-3)14(21)9-12/h5,7,9-11,22H,4,6,8H2,1-3H3,(H,23,24,25)/t10-,11+/m1/s1. The largest absolute Gasteiger partial charge is 0.495 e. The number of rotatable bonds is 4. The van der Waals surface area contributed by atoms with Crippen molar-refractivity contribution in [3.8, 4) is 5.75 Å².